The number of hydroxylamine groups is 1. The molecule has 0 aliphatic carbocycles. The van der Waals surface area contributed by atoms with Crippen molar-refractivity contribution in [2.45, 2.75) is 6.54 Å². The molecule has 0 radical (unpaired) electrons. The summed E-state index contributed by atoms with van der Waals surface area (Å²) in [6.45, 7) is 0.481. The maximum Gasteiger partial charge on any atom is 0.123 e. The minimum absolute atomic E-state index is 0.244. The lowest BCUT2D eigenvalue weighted by Crippen LogP contribution is -2.11. The number of hydrogen-bond acceptors (Lipinski definition) is 2. The average molecular weight is 234 g/mol. The van der Waals surface area contributed by atoms with Crippen LogP contribution in [0, 0.1) is 5.82 Å². The van der Waals surface area contributed by atoms with Crippen LogP contribution in [0.5, 0.6) is 0 Å². The van der Waals surface area contributed by atoms with Crippen molar-refractivity contribution in [3.8, 4) is 0 Å². The first kappa shape index (κ1) is 9.64. The highest BCUT2D eigenvalue weighted by Gasteiger charge is 2.00. The molecule has 0 unspecified atom stereocenters. The zero-order valence-corrected chi connectivity index (χ0v) is 8.19. The SMILES string of the molecule is CONCc1cc(F)ccc1Br. The topological polar surface area (TPSA) is 21.3 Å². The molecule has 0 spiro atoms. The van der Waals surface area contributed by atoms with Crippen LogP contribution in [0.25, 0.3) is 0 Å². The molecule has 0 heterocycles. The maximum absolute atomic E-state index is 12.7. The predicted octanol–water partition coefficient (Wildman–Crippen LogP) is 2.24. The molecule has 1 rings (SSSR count). The van der Waals surface area contributed by atoms with Crippen LogP contribution in [0.2, 0.25) is 0 Å². The number of hydrogen-bond donors (Lipinski definition) is 1. The Morgan fingerprint density at radius 3 is 3.00 bits per heavy atom. The van der Waals surface area contributed by atoms with Gasteiger partial charge in [-0.15, -0.1) is 0 Å². The lowest BCUT2D eigenvalue weighted by Gasteiger charge is -2.04. The minimum Gasteiger partial charge on any atom is -0.305 e. The molecule has 0 saturated carbocycles. The second kappa shape index (κ2) is 4.54. The first-order valence-corrected chi connectivity index (χ1v) is 4.23. The zero-order valence-electron chi connectivity index (χ0n) is 6.60. The molecule has 1 N–H and O–H groups in total. The third kappa shape index (κ3) is 2.55. The van der Waals surface area contributed by atoms with E-state index in [1.54, 1.807) is 6.07 Å². The van der Waals surface area contributed by atoms with E-state index in [2.05, 4.69) is 26.2 Å². The van der Waals surface area contributed by atoms with E-state index in [-0.39, 0.29) is 5.82 Å². The van der Waals surface area contributed by atoms with Crippen LogP contribution >= 0.6 is 15.9 Å². The molecule has 12 heavy (non-hydrogen) atoms. The monoisotopic (exact) mass is 233 g/mol. The number of nitrogens with one attached hydrogen (secondary N) is 1. The largest absolute Gasteiger partial charge is 0.305 e. The normalized spacial score (nSPS) is 10.2. The fourth-order valence-electron chi connectivity index (χ4n) is 0.829. The lowest BCUT2D eigenvalue weighted by atomic mass is 10.2. The Kier molecular flexibility index (Phi) is 3.65. The van der Waals surface area contributed by atoms with Gasteiger partial charge < -0.3 is 4.84 Å². The van der Waals surface area contributed by atoms with Crippen LogP contribution in [0.3, 0.4) is 0 Å². The van der Waals surface area contributed by atoms with Crippen molar-refractivity contribution in [1.29, 1.82) is 0 Å². The van der Waals surface area contributed by atoms with Gasteiger partial charge in [0.15, 0.2) is 0 Å². The molecule has 4 heteroatoms. The fraction of sp³-hybridized carbons (Fsp3) is 0.250. The number of halogens is 2. The Bertz CT molecular complexity index is 267. The molecule has 0 bridgehead atoms. The van der Waals surface area contributed by atoms with Gasteiger partial charge in [-0.2, -0.15) is 5.48 Å². The van der Waals surface area contributed by atoms with Crippen LogP contribution in [0.15, 0.2) is 22.7 Å². The van der Waals surface area contributed by atoms with Gasteiger partial charge >= 0.3 is 0 Å². The van der Waals surface area contributed by atoms with Crippen molar-refractivity contribution in [3.63, 3.8) is 0 Å². The Balaban J connectivity index is 2.75. The van der Waals surface area contributed by atoms with E-state index in [0.717, 1.165) is 10.0 Å². The van der Waals surface area contributed by atoms with Gasteiger partial charge in [-0.3, -0.25) is 0 Å². The summed E-state index contributed by atoms with van der Waals surface area (Å²) in [6.07, 6.45) is 0. The van der Waals surface area contributed by atoms with Crippen LogP contribution in [-0.2, 0) is 11.4 Å². The predicted molar refractivity (Wildman–Crippen MR) is 47.9 cm³/mol. The van der Waals surface area contributed by atoms with E-state index in [9.17, 15) is 4.39 Å². The standard InChI is InChI=1S/C8H9BrFNO/c1-12-11-5-6-4-7(10)2-3-8(6)9/h2-4,11H,5H2,1H3. The van der Waals surface area contributed by atoms with Crippen LogP contribution < -0.4 is 5.48 Å². The van der Waals surface area contributed by atoms with Gasteiger partial charge in [0.05, 0.1) is 7.11 Å². The highest BCUT2D eigenvalue weighted by atomic mass is 79.9. The second-order valence-corrected chi connectivity index (χ2v) is 3.12. The Morgan fingerprint density at radius 2 is 2.33 bits per heavy atom. The van der Waals surface area contributed by atoms with E-state index in [0.29, 0.717) is 6.54 Å². The molecule has 1 aromatic carbocycles. The summed E-state index contributed by atoms with van der Waals surface area (Å²) in [6, 6.07) is 4.53. The maximum atomic E-state index is 12.7. The molecule has 66 valence electrons. The van der Waals surface area contributed by atoms with Crippen molar-refractivity contribution >= 4 is 15.9 Å². The first-order valence-electron chi connectivity index (χ1n) is 3.44. The van der Waals surface area contributed by atoms with Gasteiger partial charge in [0.1, 0.15) is 5.82 Å². The van der Waals surface area contributed by atoms with Gasteiger partial charge in [0.2, 0.25) is 0 Å². The van der Waals surface area contributed by atoms with Gasteiger partial charge in [-0.05, 0) is 23.8 Å². The van der Waals surface area contributed by atoms with Crippen molar-refractivity contribution in [2.24, 2.45) is 0 Å². The summed E-state index contributed by atoms with van der Waals surface area (Å²) < 4.78 is 13.6. The van der Waals surface area contributed by atoms with E-state index in [1.807, 2.05) is 0 Å². The third-order valence-electron chi connectivity index (χ3n) is 1.41. The molecular weight excluding hydrogens is 225 g/mol. The van der Waals surface area contributed by atoms with E-state index in [1.165, 1.54) is 19.2 Å². The number of benzene rings is 1. The molecule has 0 amide bonds. The van der Waals surface area contributed by atoms with Crippen molar-refractivity contribution < 1.29 is 9.23 Å². The van der Waals surface area contributed by atoms with Crippen LogP contribution in [0.1, 0.15) is 5.56 Å². The highest BCUT2D eigenvalue weighted by Crippen LogP contribution is 2.17. The molecule has 0 atom stereocenters. The summed E-state index contributed by atoms with van der Waals surface area (Å²) in [5, 5.41) is 0. The van der Waals surface area contributed by atoms with Crippen molar-refractivity contribution in [3.05, 3.63) is 34.1 Å². The van der Waals surface area contributed by atoms with Crippen LogP contribution in [0.4, 0.5) is 4.39 Å². The first-order chi connectivity index (χ1) is 5.74. The molecule has 0 aromatic heterocycles. The molecule has 2 nitrogen and oxygen atoms in total. The van der Waals surface area contributed by atoms with Gasteiger partial charge in [-0.25, -0.2) is 4.39 Å². The molecule has 1 aromatic rings. The van der Waals surface area contributed by atoms with E-state index < -0.39 is 0 Å². The summed E-state index contributed by atoms with van der Waals surface area (Å²) >= 11 is 3.30. The van der Waals surface area contributed by atoms with Gasteiger partial charge in [0.25, 0.3) is 0 Å². The Morgan fingerprint density at radius 1 is 1.58 bits per heavy atom. The summed E-state index contributed by atoms with van der Waals surface area (Å²) in [7, 11) is 1.52. The quantitative estimate of drug-likeness (QED) is 0.809. The minimum atomic E-state index is -0.244. The second-order valence-electron chi connectivity index (χ2n) is 2.26. The molecule has 0 aliphatic heterocycles. The summed E-state index contributed by atoms with van der Waals surface area (Å²) in [5.41, 5.74) is 3.47. The van der Waals surface area contributed by atoms with Crippen molar-refractivity contribution in [1.82, 2.24) is 5.48 Å². The molecule has 0 saturated heterocycles. The summed E-state index contributed by atoms with van der Waals surface area (Å²) in [4.78, 5) is 4.65. The lowest BCUT2D eigenvalue weighted by molar-refractivity contribution is 0.0865. The van der Waals surface area contributed by atoms with E-state index in [4.69, 9.17) is 0 Å². The smallest absolute Gasteiger partial charge is 0.123 e. The zero-order chi connectivity index (χ0) is 8.97. The highest BCUT2D eigenvalue weighted by molar-refractivity contribution is 9.10. The summed E-state index contributed by atoms with van der Waals surface area (Å²) in [5.74, 6) is -0.244. The number of rotatable bonds is 3. The Hall–Kier alpha value is -0.450. The van der Waals surface area contributed by atoms with Crippen LogP contribution in [-0.4, -0.2) is 7.11 Å². The average Bonchev–Trinajstić information content (AvgIpc) is 2.07. The molecular formula is C8H9BrFNO. The fourth-order valence-corrected chi connectivity index (χ4v) is 1.22. The Labute approximate surface area is 78.8 Å². The molecule has 0 aliphatic rings. The van der Waals surface area contributed by atoms with Gasteiger partial charge in [-0.1, -0.05) is 15.9 Å². The van der Waals surface area contributed by atoms with E-state index >= 15 is 0 Å². The van der Waals surface area contributed by atoms with Gasteiger partial charge in [0, 0.05) is 11.0 Å². The van der Waals surface area contributed by atoms with Crippen molar-refractivity contribution in [2.75, 3.05) is 7.11 Å². The third-order valence-corrected chi connectivity index (χ3v) is 2.19. The molecule has 0 fully saturated rings.